The lowest BCUT2D eigenvalue weighted by atomic mass is 9.97. The Hall–Kier alpha value is -1.30. The molecule has 0 aromatic carbocycles. The van der Waals surface area contributed by atoms with Crippen LogP contribution in [-0.4, -0.2) is 16.8 Å². The topological polar surface area (TPSA) is 68.3 Å². The zero-order chi connectivity index (χ0) is 17.6. The number of hydrogen-bond donors (Lipinski definition) is 0. The third-order valence-corrected chi connectivity index (χ3v) is 13.5. The number of sulfone groups is 2. The minimum Gasteiger partial charge on any atom is -0.218 e. The first-order chi connectivity index (χ1) is 12.4. The lowest BCUT2D eigenvalue weighted by Gasteiger charge is -2.10. The van der Waals surface area contributed by atoms with Gasteiger partial charge in [-0.15, -0.1) is 45.3 Å². The van der Waals surface area contributed by atoms with Crippen molar-refractivity contribution in [1.29, 1.82) is 0 Å². The van der Waals surface area contributed by atoms with Gasteiger partial charge in [0.2, 0.25) is 19.7 Å². The van der Waals surface area contributed by atoms with Crippen molar-refractivity contribution in [3.63, 3.8) is 0 Å². The molecule has 2 aliphatic heterocycles. The maximum atomic E-state index is 13.0. The second kappa shape index (κ2) is 4.08. The molecular weight excluding hydrogens is 449 g/mol. The Morgan fingerprint density at radius 3 is 0.923 bits per heavy atom. The average molecular weight is 453 g/mol. The minimum atomic E-state index is -3.49. The summed E-state index contributed by atoms with van der Waals surface area (Å²) < 4.78 is 51.8. The van der Waals surface area contributed by atoms with Crippen LogP contribution >= 0.6 is 45.3 Å². The molecule has 3 aliphatic rings. The maximum absolute atomic E-state index is 13.0. The third-order valence-electron chi connectivity index (χ3n) is 5.10. The molecule has 0 amide bonds. The minimum absolute atomic E-state index is 0.361. The van der Waals surface area contributed by atoms with E-state index in [1.54, 1.807) is 21.5 Å². The monoisotopic (exact) mass is 452 g/mol. The van der Waals surface area contributed by atoms with E-state index < -0.39 is 19.7 Å². The highest BCUT2D eigenvalue weighted by atomic mass is 32.2. The Morgan fingerprint density at radius 2 is 0.692 bits per heavy atom. The van der Waals surface area contributed by atoms with E-state index in [1.807, 2.05) is 0 Å². The van der Waals surface area contributed by atoms with Crippen LogP contribution in [0.5, 0.6) is 0 Å². The van der Waals surface area contributed by atoms with Crippen molar-refractivity contribution in [2.24, 2.45) is 0 Å². The first-order valence-corrected chi connectivity index (χ1v) is 13.9. The highest BCUT2D eigenvalue weighted by molar-refractivity contribution is 7.93. The lowest BCUT2D eigenvalue weighted by Crippen LogP contribution is -1.93. The summed E-state index contributed by atoms with van der Waals surface area (Å²) in [5, 5.41) is 6.79. The van der Waals surface area contributed by atoms with Gasteiger partial charge in [-0.05, 0) is 0 Å². The molecule has 6 heterocycles. The summed E-state index contributed by atoms with van der Waals surface area (Å²) >= 11 is 5.56. The van der Waals surface area contributed by atoms with Crippen LogP contribution in [0.2, 0.25) is 0 Å². The zero-order valence-corrected chi connectivity index (χ0v) is 17.3. The van der Waals surface area contributed by atoms with Crippen molar-refractivity contribution in [3.05, 3.63) is 21.5 Å². The Kier molecular flexibility index (Phi) is 2.31. The summed E-state index contributed by atoms with van der Waals surface area (Å²) in [5.41, 5.74) is 3.04. The summed E-state index contributed by atoms with van der Waals surface area (Å²) in [4.78, 5) is 4.92. The summed E-state index contributed by atoms with van der Waals surface area (Å²) in [6.45, 7) is 0. The number of rotatable bonds is 0. The quantitative estimate of drug-likeness (QED) is 0.317. The van der Waals surface area contributed by atoms with E-state index in [1.165, 1.54) is 45.3 Å². The summed E-state index contributed by atoms with van der Waals surface area (Å²) in [6.07, 6.45) is 0. The average Bonchev–Trinajstić information content (AvgIpc) is 3.33. The van der Waals surface area contributed by atoms with Crippen LogP contribution in [0.1, 0.15) is 0 Å². The van der Waals surface area contributed by atoms with Gasteiger partial charge in [-0.3, -0.25) is 0 Å². The van der Waals surface area contributed by atoms with E-state index in [9.17, 15) is 16.8 Å². The fraction of sp³-hybridized carbons (Fsp3) is 0. The van der Waals surface area contributed by atoms with Crippen LogP contribution in [0.4, 0.5) is 0 Å². The van der Waals surface area contributed by atoms with Crippen molar-refractivity contribution >= 4 is 65.0 Å². The molecule has 4 nitrogen and oxygen atoms in total. The van der Waals surface area contributed by atoms with E-state index in [-0.39, 0.29) is 0 Å². The summed E-state index contributed by atoms with van der Waals surface area (Å²) in [5.74, 6) is 0. The molecule has 10 heteroatoms. The van der Waals surface area contributed by atoms with Gasteiger partial charge < -0.3 is 0 Å². The molecule has 128 valence electrons. The summed E-state index contributed by atoms with van der Waals surface area (Å²) in [6, 6.07) is 0. The van der Waals surface area contributed by atoms with Gasteiger partial charge in [-0.25, -0.2) is 16.8 Å². The molecule has 0 saturated heterocycles. The van der Waals surface area contributed by atoms with Crippen LogP contribution in [0.15, 0.2) is 41.1 Å². The van der Waals surface area contributed by atoms with Gasteiger partial charge in [-0.1, -0.05) is 0 Å². The lowest BCUT2D eigenvalue weighted by molar-refractivity contribution is 0.597. The molecule has 0 saturated carbocycles. The summed E-state index contributed by atoms with van der Waals surface area (Å²) in [7, 11) is -6.99. The standard InChI is InChI=1S/C16H4O4S6/c17-25(18)5-1-21-13-9(5)10-6(25)2-23-15(10)16-12-8(4-24-16)26(19,20)7-3-22-14(13)11(7)12/h1-4H. The molecule has 0 spiro atoms. The second-order valence-corrected chi connectivity index (χ2v) is 13.5. The van der Waals surface area contributed by atoms with Crippen LogP contribution in [0.3, 0.4) is 0 Å². The van der Waals surface area contributed by atoms with Gasteiger partial charge in [0.25, 0.3) is 0 Å². The molecule has 0 unspecified atom stereocenters. The fourth-order valence-corrected chi connectivity index (χ4v) is 13.3. The third kappa shape index (κ3) is 1.30. The molecule has 0 fully saturated rings. The smallest absolute Gasteiger partial charge is 0.209 e. The molecule has 4 aromatic heterocycles. The maximum Gasteiger partial charge on any atom is 0.209 e. The number of fused-ring (bicyclic) bond motifs is 2. The van der Waals surface area contributed by atoms with E-state index in [0.717, 1.165) is 41.8 Å². The number of thiophene rings is 4. The molecular formula is C16H4O4S6. The molecule has 0 bridgehead atoms. The number of hydrogen-bond acceptors (Lipinski definition) is 8. The van der Waals surface area contributed by atoms with E-state index >= 15 is 0 Å². The van der Waals surface area contributed by atoms with Crippen LogP contribution in [0, 0.1) is 0 Å². The van der Waals surface area contributed by atoms with E-state index in [4.69, 9.17) is 0 Å². The predicted octanol–water partition coefficient (Wildman–Crippen LogP) is 5.21. The van der Waals surface area contributed by atoms with Crippen LogP contribution in [-0.2, 0) is 19.7 Å². The first-order valence-electron chi connectivity index (χ1n) is 7.40. The van der Waals surface area contributed by atoms with Crippen LogP contribution in [0.25, 0.3) is 41.8 Å². The van der Waals surface area contributed by atoms with Gasteiger partial charge in [0.15, 0.2) is 0 Å². The van der Waals surface area contributed by atoms with Crippen molar-refractivity contribution in [2.45, 2.75) is 19.6 Å². The Balaban J connectivity index is 1.83. The highest BCUT2D eigenvalue weighted by Crippen LogP contribution is 2.65. The molecule has 7 rings (SSSR count). The molecule has 26 heavy (non-hydrogen) atoms. The Labute approximate surface area is 163 Å². The second-order valence-electron chi connectivity index (χ2n) is 6.22. The molecule has 4 aromatic rings. The van der Waals surface area contributed by atoms with E-state index in [2.05, 4.69) is 0 Å². The highest BCUT2D eigenvalue weighted by Gasteiger charge is 2.46. The van der Waals surface area contributed by atoms with Crippen LogP contribution < -0.4 is 0 Å². The Morgan fingerprint density at radius 1 is 0.462 bits per heavy atom. The van der Waals surface area contributed by atoms with Crippen molar-refractivity contribution < 1.29 is 16.8 Å². The van der Waals surface area contributed by atoms with Gasteiger partial charge in [0.05, 0.1) is 39.1 Å². The zero-order valence-electron chi connectivity index (χ0n) is 12.4. The molecule has 0 N–H and O–H groups in total. The predicted molar refractivity (Wildman–Crippen MR) is 104 cm³/mol. The van der Waals surface area contributed by atoms with Gasteiger partial charge in [-0.2, -0.15) is 0 Å². The van der Waals surface area contributed by atoms with Crippen molar-refractivity contribution in [2.75, 3.05) is 0 Å². The van der Waals surface area contributed by atoms with Gasteiger partial charge in [0, 0.05) is 43.8 Å². The largest absolute Gasteiger partial charge is 0.218 e. The van der Waals surface area contributed by atoms with Gasteiger partial charge in [0.1, 0.15) is 0 Å². The Bertz CT molecular complexity index is 1330. The molecule has 1 aliphatic carbocycles. The fourth-order valence-electron chi connectivity index (χ4n) is 4.01. The van der Waals surface area contributed by atoms with Crippen molar-refractivity contribution in [1.82, 2.24) is 0 Å². The van der Waals surface area contributed by atoms with E-state index in [0.29, 0.717) is 19.6 Å². The molecule has 0 radical (unpaired) electrons. The van der Waals surface area contributed by atoms with Crippen molar-refractivity contribution in [3.8, 4) is 41.8 Å². The first kappa shape index (κ1) is 14.7. The molecule has 0 atom stereocenters. The normalized spacial score (nSPS) is 18.5. The SMILES string of the molecule is O=S1(=O)c2csc3c2-c2c1csc2-c1scc2c1-c1c(csc1-3)S2(=O)=O. The van der Waals surface area contributed by atoms with Gasteiger partial charge >= 0.3 is 0 Å².